The van der Waals surface area contributed by atoms with E-state index in [1.807, 2.05) is 20.8 Å². The van der Waals surface area contributed by atoms with Crippen LogP contribution in [-0.2, 0) is 42.5 Å². The van der Waals surface area contributed by atoms with Crippen molar-refractivity contribution < 1.29 is 52.8 Å². The van der Waals surface area contributed by atoms with Gasteiger partial charge >= 0.3 is 0 Å². The van der Waals surface area contributed by atoms with Gasteiger partial charge in [0.2, 0.25) is 0 Å². The lowest BCUT2D eigenvalue weighted by Crippen LogP contribution is -2.32. The number of hydrogen-bond acceptors (Lipinski definition) is 11. The Bertz CT molecular complexity index is 476. The third kappa shape index (κ3) is 28.7. The summed E-state index contributed by atoms with van der Waals surface area (Å²) in [5, 5.41) is 18.2. The van der Waals surface area contributed by atoms with E-state index in [9.17, 15) is 0 Å². The number of rotatable bonds is 24. The van der Waals surface area contributed by atoms with Crippen molar-refractivity contribution in [2.24, 2.45) is 0 Å². The molecule has 0 spiro atoms. The summed E-state index contributed by atoms with van der Waals surface area (Å²) in [6, 6.07) is -0.336. The largest absolute Gasteiger partial charge is 0.443 e. The monoisotopic (exact) mass is 550 g/mol. The van der Waals surface area contributed by atoms with Crippen LogP contribution < -0.4 is 0 Å². The molecule has 0 saturated carbocycles. The highest BCUT2D eigenvalue weighted by atomic mass is 16.6. The molecule has 0 aliphatic heterocycles. The van der Waals surface area contributed by atoms with E-state index in [0.29, 0.717) is 46.2 Å². The Morgan fingerprint density at radius 3 is 1.26 bits per heavy atom. The molecule has 7 atom stereocenters. The van der Waals surface area contributed by atoms with Gasteiger partial charge in [-0.3, -0.25) is 0 Å². The van der Waals surface area contributed by atoms with Crippen LogP contribution in [0.4, 0.5) is 0 Å². The van der Waals surface area contributed by atoms with Gasteiger partial charge in [-0.05, 0) is 41.5 Å². The Kier molecular flexibility index (Phi) is 28.2. The quantitative estimate of drug-likeness (QED) is 0.165. The summed E-state index contributed by atoms with van der Waals surface area (Å²) in [5.41, 5.74) is 0. The molecule has 0 aromatic heterocycles. The van der Waals surface area contributed by atoms with Crippen molar-refractivity contribution in [1.82, 2.24) is 0 Å². The van der Waals surface area contributed by atoms with E-state index in [1.165, 1.54) is 0 Å². The Labute approximate surface area is 232 Å². The molecule has 7 unspecified atom stereocenters. The van der Waals surface area contributed by atoms with E-state index < -0.39 is 12.2 Å². The van der Waals surface area contributed by atoms with Gasteiger partial charge in [0.05, 0.1) is 90.0 Å². The minimum absolute atomic E-state index is 0.00368. The minimum atomic E-state index is -0.503. The van der Waals surface area contributed by atoms with E-state index >= 15 is 0 Å². The summed E-state index contributed by atoms with van der Waals surface area (Å²) in [6.45, 7) is 14.0. The SMILES string of the molecule is COC(C)COC(COCC(C)O)COCC(C)O.[B]OC(C)COCC(COC([B])C)OCC(C)OC. The minimum Gasteiger partial charge on any atom is -0.443 e. The van der Waals surface area contributed by atoms with Gasteiger partial charge in [-0.15, -0.1) is 0 Å². The normalized spacial score (nSPS) is 17.9. The van der Waals surface area contributed by atoms with E-state index in [0.717, 1.165) is 0 Å². The molecule has 13 heteroatoms. The van der Waals surface area contributed by atoms with Crippen molar-refractivity contribution in [3.05, 3.63) is 0 Å². The van der Waals surface area contributed by atoms with Crippen LogP contribution in [0.5, 0.6) is 0 Å². The Morgan fingerprint density at radius 1 is 0.526 bits per heavy atom. The first-order valence-electron chi connectivity index (χ1n) is 13.1. The molecular weight excluding hydrogens is 498 g/mol. The zero-order valence-corrected chi connectivity index (χ0v) is 24.7. The van der Waals surface area contributed by atoms with Crippen LogP contribution in [0.2, 0.25) is 0 Å². The second-order valence-electron chi connectivity index (χ2n) is 9.30. The van der Waals surface area contributed by atoms with E-state index in [1.54, 1.807) is 35.0 Å². The molecular formula is C25H52B2O11. The first-order chi connectivity index (χ1) is 17.9. The first kappa shape index (κ1) is 39.8. The molecule has 0 fully saturated rings. The molecule has 38 heavy (non-hydrogen) atoms. The van der Waals surface area contributed by atoms with Crippen molar-refractivity contribution in [3.8, 4) is 0 Å². The molecule has 11 nitrogen and oxygen atoms in total. The highest BCUT2D eigenvalue weighted by Crippen LogP contribution is 2.02. The Morgan fingerprint density at radius 2 is 0.921 bits per heavy atom. The maximum Gasteiger partial charge on any atom is 0.283 e. The van der Waals surface area contributed by atoms with Crippen LogP contribution in [-0.4, -0.2) is 149 Å². The Hall–Kier alpha value is -0.310. The van der Waals surface area contributed by atoms with Crippen molar-refractivity contribution in [2.45, 2.75) is 90.3 Å². The molecule has 0 aromatic carbocycles. The molecule has 0 amide bonds. The topological polar surface area (TPSA) is 124 Å². The second kappa shape index (κ2) is 26.9. The summed E-state index contributed by atoms with van der Waals surface area (Å²) in [6.07, 6.45) is -1.59. The van der Waals surface area contributed by atoms with Gasteiger partial charge < -0.3 is 52.8 Å². The third-order valence-electron chi connectivity index (χ3n) is 4.70. The highest BCUT2D eigenvalue weighted by molar-refractivity contribution is 6.10. The van der Waals surface area contributed by atoms with Gasteiger partial charge in [0.1, 0.15) is 20.1 Å². The molecule has 0 aromatic rings. The average Bonchev–Trinajstić information content (AvgIpc) is 2.87. The first-order valence-corrected chi connectivity index (χ1v) is 13.1. The van der Waals surface area contributed by atoms with E-state index in [4.69, 9.17) is 64.0 Å². The van der Waals surface area contributed by atoms with Crippen LogP contribution in [0.1, 0.15) is 41.5 Å². The predicted molar refractivity (Wildman–Crippen MR) is 146 cm³/mol. The van der Waals surface area contributed by atoms with Gasteiger partial charge in [0, 0.05) is 20.2 Å². The number of aliphatic hydroxyl groups is 2. The van der Waals surface area contributed by atoms with Crippen molar-refractivity contribution in [1.29, 1.82) is 0 Å². The lowest BCUT2D eigenvalue weighted by Gasteiger charge is -2.22. The summed E-state index contributed by atoms with van der Waals surface area (Å²) in [7, 11) is 13.8. The van der Waals surface area contributed by atoms with Crippen molar-refractivity contribution in [3.63, 3.8) is 0 Å². The highest BCUT2D eigenvalue weighted by Gasteiger charge is 2.15. The van der Waals surface area contributed by atoms with Crippen LogP contribution in [0.15, 0.2) is 0 Å². The predicted octanol–water partition coefficient (Wildman–Crippen LogP) is 0.644. The van der Waals surface area contributed by atoms with Gasteiger partial charge in [-0.1, -0.05) is 0 Å². The van der Waals surface area contributed by atoms with Crippen LogP contribution in [0.3, 0.4) is 0 Å². The number of aliphatic hydroxyl groups excluding tert-OH is 2. The molecule has 0 rings (SSSR count). The molecule has 0 saturated heterocycles. The van der Waals surface area contributed by atoms with Crippen molar-refractivity contribution >= 4 is 15.9 Å². The van der Waals surface area contributed by atoms with Gasteiger partial charge in [-0.25, -0.2) is 0 Å². The summed E-state index contributed by atoms with van der Waals surface area (Å²) < 4.78 is 47.5. The zero-order valence-electron chi connectivity index (χ0n) is 24.7. The van der Waals surface area contributed by atoms with Gasteiger partial charge in [0.25, 0.3) is 8.05 Å². The fourth-order valence-corrected chi connectivity index (χ4v) is 2.37. The molecule has 2 N–H and O–H groups in total. The maximum absolute atomic E-state index is 9.12. The van der Waals surface area contributed by atoms with Crippen LogP contribution >= 0.6 is 0 Å². The fourth-order valence-electron chi connectivity index (χ4n) is 2.37. The third-order valence-corrected chi connectivity index (χ3v) is 4.70. The molecule has 4 radical (unpaired) electrons. The lowest BCUT2D eigenvalue weighted by atomic mass is 10.0. The molecule has 0 aliphatic rings. The Balaban J connectivity index is 0. The number of methoxy groups -OCH3 is 2. The number of ether oxygens (including phenoxy) is 8. The molecule has 224 valence electrons. The summed E-state index contributed by atoms with van der Waals surface area (Å²) in [4.78, 5) is 0. The summed E-state index contributed by atoms with van der Waals surface area (Å²) >= 11 is 0. The van der Waals surface area contributed by atoms with E-state index in [2.05, 4.69) is 4.65 Å². The van der Waals surface area contributed by atoms with Gasteiger partial charge in [-0.2, -0.15) is 0 Å². The second-order valence-corrected chi connectivity index (χ2v) is 9.30. The van der Waals surface area contributed by atoms with E-state index in [-0.39, 0.29) is 49.7 Å². The standard InChI is InChI=1S/C13H28O6.C12H24B2O5/c1-10(14)5-17-8-13(9-18-6-11(2)15)19-7-12(3)16-4;1-9(15-4)6-18-12(8-17-11(3)13)7-16-5-10(2)19-14/h10-15H,5-9H2,1-4H3;9-12H,5-8H2,1-4H3. The fraction of sp³-hybridized carbons (Fsp3) is 1.00. The van der Waals surface area contributed by atoms with Crippen LogP contribution in [0.25, 0.3) is 0 Å². The van der Waals surface area contributed by atoms with Gasteiger partial charge in [0.15, 0.2) is 0 Å². The zero-order chi connectivity index (χ0) is 29.3. The summed E-state index contributed by atoms with van der Waals surface area (Å²) in [5.74, 6) is 0. The smallest absolute Gasteiger partial charge is 0.283 e. The maximum atomic E-state index is 9.12. The van der Waals surface area contributed by atoms with Crippen molar-refractivity contribution in [2.75, 3.05) is 73.7 Å². The number of hydrogen-bond donors (Lipinski definition) is 2. The van der Waals surface area contributed by atoms with Crippen LogP contribution in [0, 0.1) is 0 Å². The molecule has 0 heterocycles. The molecule has 0 aliphatic carbocycles. The average molecular weight is 550 g/mol. The molecule has 0 bridgehead atoms. The lowest BCUT2D eigenvalue weighted by molar-refractivity contribution is -0.0967.